The molecule has 5 heteroatoms. The molecule has 4 aromatic carbocycles. The van der Waals surface area contributed by atoms with Gasteiger partial charge in [0, 0.05) is 34.3 Å². The van der Waals surface area contributed by atoms with Gasteiger partial charge in [-0.1, -0.05) is 48.5 Å². The number of pyridine rings is 2. The lowest BCUT2D eigenvalue weighted by Crippen LogP contribution is -1.88. The van der Waals surface area contributed by atoms with Crippen LogP contribution in [-0.4, -0.2) is 9.97 Å². The molecule has 0 spiro atoms. The Balaban J connectivity index is 1.62. The second kappa shape index (κ2) is 8.02. The summed E-state index contributed by atoms with van der Waals surface area (Å²) >= 11 is 0. The smallest absolute Gasteiger partial charge is 0.136 e. The summed E-state index contributed by atoms with van der Waals surface area (Å²) in [7, 11) is 0. The lowest BCUT2D eigenvalue weighted by Gasteiger charge is -2.09. The Kier molecular flexibility index (Phi) is 4.51. The van der Waals surface area contributed by atoms with Crippen molar-refractivity contribution in [3.63, 3.8) is 0 Å². The third-order valence-electron chi connectivity index (χ3n) is 6.82. The largest absolute Gasteiger partial charge is 0.456 e. The zero-order valence-electron chi connectivity index (χ0n) is 19.4. The minimum absolute atomic E-state index is 0.557. The van der Waals surface area contributed by atoms with E-state index in [0.29, 0.717) is 11.1 Å². The van der Waals surface area contributed by atoms with Gasteiger partial charge in [-0.15, -0.1) is 0 Å². The third-order valence-corrected chi connectivity index (χ3v) is 6.82. The minimum atomic E-state index is 0.557. The van der Waals surface area contributed by atoms with Crippen molar-refractivity contribution >= 4 is 43.5 Å². The van der Waals surface area contributed by atoms with E-state index in [-0.39, 0.29) is 0 Å². The molecule has 0 N–H and O–H groups in total. The SMILES string of the molecule is N#Cc1ccnc(-c2cc3oc4cc(-c5cc(C#N)ccn5)c5ccccc5c4c3c3ccccc23)c1. The van der Waals surface area contributed by atoms with Crippen molar-refractivity contribution in [2.75, 3.05) is 0 Å². The highest BCUT2D eigenvalue weighted by Gasteiger charge is 2.19. The summed E-state index contributed by atoms with van der Waals surface area (Å²) in [4.78, 5) is 9.12. The molecular weight excluding hydrogens is 456 g/mol. The van der Waals surface area contributed by atoms with Gasteiger partial charge in [0.2, 0.25) is 0 Å². The molecule has 0 bridgehead atoms. The molecule has 0 saturated heterocycles. The lowest BCUT2D eigenvalue weighted by atomic mass is 9.93. The summed E-state index contributed by atoms with van der Waals surface area (Å²) in [5, 5.41) is 25.1. The van der Waals surface area contributed by atoms with E-state index in [1.165, 1.54) is 0 Å². The number of benzene rings is 4. The summed E-state index contributed by atoms with van der Waals surface area (Å²) in [5.74, 6) is 0. The van der Waals surface area contributed by atoms with Gasteiger partial charge in [0.1, 0.15) is 11.2 Å². The number of nitrogens with zero attached hydrogens (tertiary/aromatic N) is 4. The van der Waals surface area contributed by atoms with Gasteiger partial charge >= 0.3 is 0 Å². The average molecular weight is 473 g/mol. The van der Waals surface area contributed by atoms with Crippen LogP contribution in [0.5, 0.6) is 0 Å². The van der Waals surface area contributed by atoms with Crippen molar-refractivity contribution in [2.45, 2.75) is 0 Å². The van der Waals surface area contributed by atoms with E-state index in [2.05, 4.69) is 46.4 Å². The summed E-state index contributed by atoms with van der Waals surface area (Å²) in [6.45, 7) is 0. The van der Waals surface area contributed by atoms with Crippen LogP contribution in [0.3, 0.4) is 0 Å². The molecule has 0 aliphatic rings. The Labute approximate surface area is 211 Å². The highest BCUT2D eigenvalue weighted by Crippen LogP contribution is 2.44. The summed E-state index contributed by atoms with van der Waals surface area (Å²) in [5.41, 5.74) is 5.87. The molecule has 3 aromatic heterocycles. The Morgan fingerprint density at radius 3 is 1.41 bits per heavy atom. The van der Waals surface area contributed by atoms with Crippen LogP contribution in [0.25, 0.3) is 66.0 Å². The lowest BCUT2D eigenvalue weighted by molar-refractivity contribution is 0.669. The van der Waals surface area contributed by atoms with Gasteiger partial charge in [0.15, 0.2) is 0 Å². The quantitative estimate of drug-likeness (QED) is 0.257. The van der Waals surface area contributed by atoms with Gasteiger partial charge in [0.05, 0.1) is 34.7 Å². The van der Waals surface area contributed by atoms with Crippen LogP contribution in [0.2, 0.25) is 0 Å². The number of hydrogen-bond donors (Lipinski definition) is 0. The zero-order valence-corrected chi connectivity index (χ0v) is 19.4. The predicted molar refractivity (Wildman–Crippen MR) is 145 cm³/mol. The number of hydrogen-bond acceptors (Lipinski definition) is 5. The number of aromatic nitrogens is 2. The number of nitriles is 2. The van der Waals surface area contributed by atoms with Crippen molar-refractivity contribution < 1.29 is 4.42 Å². The first kappa shape index (κ1) is 20.8. The molecule has 5 nitrogen and oxygen atoms in total. The third kappa shape index (κ3) is 3.16. The molecule has 3 heterocycles. The highest BCUT2D eigenvalue weighted by atomic mass is 16.3. The molecule has 0 radical (unpaired) electrons. The molecule has 0 aliphatic heterocycles. The van der Waals surface area contributed by atoms with E-state index in [9.17, 15) is 10.5 Å². The molecule has 0 saturated carbocycles. The van der Waals surface area contributed by atoms with Crippen molar-refractivity contribution in [3.05, 3.63) is 108 Å². The van der Waals surface area contributed by atoms with Gasteiger partial charge in [-0.25, -0.2) is 0 Å². The fourth-order valence-electron chi connectivity index (χ4n) is 5.21. The Morgan fingerprint density at radius 1 is 0.541 bits per heavy atom. The van der Waals surface area contributed by atoms with Crippen LogP contribution < -0.4 is 0 Å². The van der Waals surface area contributed by atoms with E-state index < -0.39 is 0 Å². The Bertz CT molecular complexity index is 1970. The Morgan fingerprint density at radius 2 is 0.973 bits per heavy atom. The van der Waals surface area contributed by atoms with Crippen molar-refractivity contribution in [2.24, 2.45) is 0 Å². The van der Waals surface area contributed by atoms with Crippen molar-refractivity contribution in [1.82, 2.24) is 9.97 Å². The highest BCUT2D eigenvalue weighted by molar-refractivity contribution is 6.29. The first-order chi connectivity index (χ1) is 18.2. The van der Waals surface area contributed by atoms with Crippen LogP contribution in [0.1, 0.15) is 11.1 Å². The first-order valence-electron chi connectivity index (χ1n) is 11.8. The molecule has 0 unspecified atom stereocenters. The van der Waals surface area contributed by atoms with Crippen molar-refractivity contribution in [3.8, 4) is 34.7 Å². The molecule has 0 fully saturated rings. The zero-order chi connectivity index (χ0) is 24.9. The maximum Gasteiger partial charge on any atom is 0.136 e. The topological polar surface area (TPSA) is 86.5 Å². The second-order valence-electron chi connectivity index (χ2n) is 8.87. The van der Waals surface area contributed by atoms with E-state index in [0.717, 1.165) is 66.0 Å². The van der Waals surface area contributed by atoms with E-state index >= 15 is 0 Å². The van der Waals surface area contributed by atoms with Crippen LogP contribution >= 0.6 is 0 Å². The molecule has 7 aromatic rings. The monoisotopic (exact) mass is 472 g/mol. The normalized spacial score (nSPS) is 11.2. The van der Waals surface area contributed by atoms with Gasteiger partial charge in [0.25, 0.3) is 0 Å². The van der Waals surface area contributed by atoms with Gasteiger partial charge in [-0.2, -0.15) is 10.5 Å². The molecule has 0 aliphatic carbocycles. The fourth-order valence-corrected chi connectivity index (χ4v) is 5.21. The predicted octanol–water partition coefficient (Wildman–Crippen LogP) is 7.76. The van der Waals surface area contributed by atoms with Crippen LogP contribution in [0, 0.1) is 22.7 Å². The van der Waals surface area contributed by atoms with Crippen LogP contribution in [0.4, 0.5) is 0 Å². The fraction of sp³-hybridized carbons (Fsp3) is 0. The van der Waals surface area contributed by atoms with Gasteiger partial charge < -0.3 is 4.42 Å². The van der Waals surface area contributed by atoms with Gasteiger partial charge in [-0.05, 0) is 57.9 Å². The molecular formula is C32H16N4O. The first-order valence-corrected chi connectivity index (χ1v) is 11.8. The number of rotatable bonds is 2. The van der Waals surface area contributed by atoms with Crippen LogP contribution in [0.15, 0.2) is 102 Å². The standard InChI is InChI=1S/C32H16N4O/c33-17-19-9-11-35-27(13-19)25-15-29-31(23-7-3-1-5-21(23)25)32-24-8-4-2-6-22(24)26(16-30(32)37-29)28-14-20(18-34)10-12-36-28/h1-16H. The van der Waals surface area contributed by atoms with Crippen LogP contribution in [-0.2, 0) is 0 Å². The number of fused-ring (bicyclic) bond motifs is 7. The second-order valence-corrected chi connectivity index (χ2v) is 8.87. The molecule has 37 heavy (non-hydrogen) atoms. The van der Waals surface area contributed by atoms with Crippen molar-refractivity contribution in [1.29, 1.82) is 10.5 Å². The molecule has 0 amide bonds. The number of furan rings is 1. The van der Waals surface area contributed by atoms with Gasteiger partial charge in [-0.3, -0.25) is 9.97 Å². The maximum atomic E-state index is 9.42. The molecule has 170 valence electrons. The summed E-state index contributed by atoms with van der Waals surface area (Å²) in [6, 6.07) is 31.9. The molecule has 7 rings (SSSR count). The minimum Gasteiger partial charge on any atom is -0.456 e. The summed E-state index contributed by atoms with van der Waals surface area (Å²) in [6.07, 6.45) is 3.32. The van der Waals surface area contributed by atoms with E-state index in [1.807, 2.05) is 36.4 Å². The van der Waals surface area contributed by atoms with E-state index in [1.54, 1.807) is 36.7 Å². The maximum absolute atomic E-state index is 9.42. The Hall–Kier alpha value is -5.52. The van der Waals surface area contributed by atoms with E-state index in [4.69, 9.17) is 4.42 Å². The average Bonchev–Trinajstić information content (AvgIpc) is 3.35. The molecule has 0 atom stereocenters. The summed E-state index contributed by atoms with van der Waals surface area (Å²) < 4.78 is 6.52.